The SMILES string of the molecule is CC(C)(NS(=O)(=O)c1ccccc1Br)C(=O)CC1C2CC3CC1CC(CO)(C3)C2. The predicted molar refractivity (Wildman–Crippen MR) is 115 cm³/mol. The number of carbonyl (C=O) groups is 1. The summed E-state index contributed by atoms with van der Waals surface area (Å²) >= 11 is 3.29. The van der Waals surface area contributed by atoms with E-state index in [0.29, 0.717) is 34.6 Å². The summed E-state index contributed by atoms with van der Waals surface area (Å²) in [6.07, 6.45) is 5.87. The third-order valence-corrected chi connectivity index (χ3v) is 10.2. The lowest BCUT2D eigenvalue weighted by molar-refractivity contribution is -0.138. The molecular weight excluding hydrogens is 454 g/mol. The van der Waals surface area contributed by atoms with Gasteiger partial charge in [0.05, 0.1) is 10.4 Å². The summed E-state index contributed by atoms with van der Waals surface area (Å²) in [7, 11) is -3.82. The molecule has 0 amide bonds. The predicted octanol–water partition coefficient (Wildman–Crippen LogP) is 3.90. The maximum Gasteiger partial charge on any atom is 0.242 e. The molecule has 29 heavy (non-hydrogen) atoms. The third-order valence-electron chi connectivity index (χ3n) is 7.56. The van der Waals surface area contributed by atoms with Crippen molar-refractivity contribution in [3.63, 3.8) is 0 Å². The fourth-order valence-electron chi connectivity index (χ4n) is 6.40. The van der Waals surface area contributed by atoms with Crippen molar-refractivity contribution in [3.05, 3.63) is 28.7 Å². The van der Waals surface area contributed by atoms with Gasteiger partial charge in [0.15, 0.2) is 5.78 Å². The van der Waals surface area contributed by atoms with Crippen LogP contribution < -0.4 is 4.72 Å². The van der Waals surface area contributed by atoms with E-state index in [-0.39, 0.29) is 22.7 Å². The first-order valence-electron chi connectivity index (χ1n) is 10.5. The summed E-state index contributed by atoms with van der Waals surface area (Å²) in [6, 6.07) is 6.62. The highest BCUT2D eigenvalue weighted by Crippen LogP contribution is 2.62. The van der Waals surface area contributed by atoms with Crippen LogP contribution >= 0.6 is 15.9 Å². The molecule has 0 saturated heterocycles. The Balaban J connectivity index is 1.48. The van der Waals surface area contributed by atoms with Gasteiger partial charge in [-0.05, 0) is 103 Å². The van der Waals surface area contributed by atoms with Crippen molar-refractivity contribution in [1.82, 2.24) is 4.72 Å². The maximum absolute atomic E-state index is 13.2. The molecule has 1 aromatic rings. The Kier molecular flexibility index (Phi) is 5.50. The minimum atomic E-state index is -3.82. The Hall–Kier alpha value is -0.760. The fraction of sp³-hybridized carbons (Fsp3) is 0.682. The zero-order chi connectivity index (χ0) is 21.0. The Morgan fingerprint density at radius 1 is 1.21 bits per heavy atom. The van der Waals surface area contributed by atoms with Crippen LogP contribution in [0.25, 0.3) is 0 Å². The number of nitrogens with one attached hydrogen (secondary N) is 1. The Bertz CT molecular complexity index is 897. The monoisotopic (exact) mass is 483 g/mol. The van der Waals surface area contributed by atoms with Crippen LogP contribution in [0.5, 0.6) is 0 Å². The Morgan fingerprint density at radius 2 is 1.83 bits per heavy atom. The topological polar surface area (TPSA) is 83.5 Å². The zero-order valence-corrected chi connectivity index (χ0v) is 19.4. The van der Waals surface area contributed by atoms with Crippen LogP contribution in [0.1, 0.15) is 52.4 Å². The van der Waals surface area contributed by atoms with Gasteiger partial charge in [-0.1, -0.05) is 12.1 Å². The molecular formula is C22H30BrNO4S. The van der Waals surface area contributed by atoms with Crippen molar-refractivity contribution in [2.24, 2.45) is 29.1 Å². The summed E-state index contributed by atoms with van der Waals surface area (Å²) < 4.78 is 28.9. The number of carbonyl (C=O) groups excluding carboxylic acids is 1. The highest BCUT2D eigenvalue weighted by atomic mass is 79.9. The van der Waals surface area contributed by atoms with E-state index < -0.39 is 15.6 Å². The van der Waals surface area contributed by atoms with Crippen LogP contribution in [0, 0.1) is 29.1 Å². The van der Waals surface area contributed by atoms with E-state index in [0.717, 1.165) is 32.1 Å². The van der Waals surface area contributed by atoms with Crippen molar-refractivity contribution in [3.8, 4) is 0 Å². The minimum absolute atomic E-state index is 0.0522. The molecule has 2 atom stereocenters. The lowest BCUT2D eigenvalue weighted by Crippen LogP contribution is -2.55. The smallest absolute Gasteiger partial charge is 0.242 e. The van der Waals surface area contributed by atoms with Gasteiger partial charge in [-0.2, -0.15) is 4.72 Å². The van der Waals surface area contributed by atoms with E-state index in [1.165, 1.54) is 6.07 Å². The van der Waals surface area contributed by atoms with E-state index in [9.17, 15) is 18.3 Å². The molecule has 7 heteroatoms. The molecule has 4 fully saturated rings. The first-order valence-corrected chi connectivity index (χ1v) is 12.8. The van der Waals surface area contributed by atoms with Crippen molar-refractivity contribution in [1.29, 1.82) is 0 Å². The standard InChI is InChI=1S/C22H30BrNO4S/c1-21(2,24-29(27,28)19-6-4-3-5-18(19)23)20(26)9-17-15-7-14-8-16(17)12-22(10-14,11-15)13-25/h3-6,14-17,24-25H,7-13H2,1-2H3. The highest BCUT2D eigenvalue weighted by Gasteiger charge is 2.55. The number of hydrogen-bond acceptors (Lipinski definition) is 4. The van der Waals surface area contributed by atoms with E-state index >= 15 is 0 Å². The van der Waals surface area contributed by atoms with Gasteiger partial charge in [-0.25, -0.2) is 8.42 Å². The first kappa shape index (κ1) is 21.5. The first-order chi connectivity index (χ1) is 13.6. The molecule has 5 nitrogen and oxygen atoms in total. The van der Waals surface area contributed by atoms with E-state index in [1.807, 2.05) is 0 Å². The van der Waals surface area contributed by atoms with E-state index in [2.05, 4.69) is 20.7 Å². The Labute approximate surface area is 181 Å². The summed E-state index contributed by atoms with van der Waals surface area (Å²) in [5.41, 5.74) is -1.09. The summed E-state index contributed by atoms with van der Waals surface area (Å²) in [6.45, 7) is 3.58. The number of benzene rings is 1. The van der Waals surface area contributed by atoms with Crippen LogP contribution in [0.3, 0.4) is 0 Å². The van der Waals surface area contributed by atoms with Gasteiger partial charge in [0, 0.05) is 17.5 Å². The second-order valence-corrected chi connectivity index (χ2v) is 12.6. The molecule has 4 aliphatic rings. The van der Waals surface area contributed by atoms with Crippen molar-refractivity contribution >= 4 is 31.7 Å². The molecule has 0 heterocycles. The normalized spacial score (nSPS) is 33.8. The van der Waals surface area contributed by atoms with Crippen LogP contribution in [-0.4, -0.2) is 31.5 Å². The molecule has 2 unspecified atom stereocenters. The van der Waals surface area contributed by atoms with Crippen LogP contribution in [0.2, 0.25) is 0 Å². The van der Waals surface area contributed by atoms with Crippen molar-refractivity contribution in [2.45, 2.75) is 62.8 Å². The molecule has 4 aliphatic carbocycles. The zero-order valence-electron chi connectivity index (χ0n) is 17.0. The lowest BCUT2D eigenvalue weighted by atomic mass is 9.45. The van der Waals surface area contributed by atoms with Gasteiger partial charge >= 0.3 is 0 Å². The fourth-order valence-corrected chi connectivity index (χ4v) is 8.81. The van der Waals surface area contributed by atoms with Gasteiger partial charge in [0.1, 0.15) is 0 Å². The molecule has 5 rings (SSSR count). The lowest BCUT2D eigenvalue weighted by Gasteiger charge is -2.60. The number of aliphatic hydroxyl groups is 1. The number of hydrogen-bond donors (Lipinski definition) is 2. The maximum atomic E-state index is 13.2. The molecule has 4 saturated carbocycles. The average molecular weight is 484 g/mol. The Morgan fingerprint density at radius 3 is 2.41 bits per heavy atom. The molecule has 0 aliphatic heterocycles. The van der Waals surface area contributed by atoms with Crippen molar-refractivity contribution in [2.75, 3.05) is 6.61 Å². The summed E-state index contributed by atoms with van der Waals surface area (Å²) in [5.74, 6) is 1.91. The van der Waals surface area contributed by atoms with Gasteiger partial charge < -0.3 is 5.11 Å². The van der Waals surface area contributed by atoms with Crippen molar-refractivity contribution < 1.29 is 18.3 Å². The number of rotatable bonds is 7. The number of Topliss-reactive ketones (excluding diaryl/α,β-unsaturated/α-hetero) is 1. The number of aliphatic hydroxyl groups excluding tert-OH is 1. The molecule has 0 aromatic heterocycles. The second kappa shape index (κ2) is 7.43. The van der Waals surface area contributed by atoms with E-state index in [4.69, 9.17) is 0 Å². The third kappa shape index (κ3) is 3.95. The van der Waals surface area contributed by atoms with Crippen LogP contribution in [-0.2, 0) is 14.8 Å². The molecule has 0 spiro atoms. The molecule has 0 radical (unpaired) electrons. The van der Waals surface area contributed by atoms with Crippen LogP contribution in [0.4, 0.5) is 0 Å². The van der Waals surface area contributed by atoms with E-state index in [1.54, 1.807) is 32.0 Å². The number of halogens is 1. The van der Waals surface area contributed by atoms with Crippen LogP contribution in [0.15, 0.2) is 33.6 Å². The van der Waals surface area contributed by atoms with Gasteiger partial charge in [-0.15, -0.1) is 0 Å². The molecule has 2 N–H and O–H groups in total. The molecule has 1 aromatic carbocycles. The van der Waals surface area contributed by atoms with Gasteiger partial charge in [-0.3, -0.25) is 4.79 Å². The largest absolute Gasteiger partial charge is 0.396 e. The summed E-state index contributed by atoms with van der Waals surface area (Å²) in [4.78, 5) is 13.4. The van der Waals surface area contributed by atoms with Gasteiger partial charge in [0.25, 0.3) is 0 Å². The average Bonchev–Trinajstić information content (AvgIpc) is 2.63. The highest BCUT2D eigenvalue weighted by molar-refractivity contribution is 9.10. The molecule has 160 valence electrons. The number of ketones is 1. The minimum Gasteiger partial charge on any atom is -0.396 e. The second-order valence-electron chi connectivity index (χ2n) is 10.1. The van der Waals surface area contributed by atoms with Gasteiger partial charge in [0.2, 0.25) is 10.0 Å². The molecule has 4 bridgehead atoms. The number of sulfonamides is 1. The summed E-state index contributed by atoms with van der Waals surface area (Å²) in [5, 5.41) is 9.94. The quantitative estimate of drug-likeness (QED) is 0.615.